The van der Waals surface area contributed by atoms with Crippen LogP contribution >= 0.6 is 15.9 Å². The van der Waals surface area contributed by atoms with Gasteiger partial charge in [0.15, 0.2) is 6.10 Å². The lowest BCUT2D eigenvalue weighted by Crippen LogP contribution is -2.50. The first-order valence-electron chi connectivity index (χ1n) is 6.46. The summed E-state index contributed by atoms with van der Waals surface area (Å²) in [5.74, 6) is 0.786. The Balaban J connectivity index is 1.90. The summed E-state index contributed by atoms with van der Waals surface area (Å²) in [4.78, 5) is 16.4. The highest BCUT2D eigenvalue weighted by Crippen LogP contribution is 2.18. The van der Waals surface area contributed by atoms with Gasteiger partial charge in [0.05, 0.1) is 0 Å². The fourth-order valence-corrected chi connectivity index (χ4v) is 2.32. The molecule has 0 radical (unpaired) electrons. The minimum absolute atomic E-state index is 0.0658. The molecule has 2 rings (SSSR count). The maximum Gasteiger partial charge on any atom is 0.263 e. The molecule has 1 saturated heterocycles. The van der Waals surface area contributed by atoms with Gasteiger partial charge in [-0.25, -0.2) is 0 Å². The van der Waals surface area contributed by atoms with E-state index >= 15 is 0 Å². The van der Waals surface area contributed by atoms with E-state index in [9.17, 15) is 4.79 Å². The quantitative estimate of drug-likeness (QED) is 0.851. The van der Waals surface area contributed by atoms with Gasteiger partial charge in [-0.1, -0.05) is 15.9 Å². The largest absolute Gasteiger partial charge is 0.481 e. The maximum atomic E-state index is 12.2. The Bertz CT molecular complexity index is 428. The number of carbonyl (C=O) groups excluding carboxylic acids is 1. The number of carbonyl (C=O) groups is 1. The molecule has 1 unspecified atom stereocenters. The summed E-state index contributed by atoms with van der Waals surface area (Å²) in [5.41, 5.74) is 0. The number of hydrogen-bond acceptors (Lipinski definition) is 3. The van der Waals surface area contributed by atoms with Crippen LogP contribution in [0.15, 0.2) is 28.7 Å². The minimum atomic E-state index is -0.440. The van der Waals surface area contributed by atoms with E-state index < -0.39 is 6.10 Å². The molecule has 0 aromatic heterocycles. The smallest absolute Gasteiger partial charge is 0.263 e. The van der Waals surface area contributed by atoms with Gasteiger partial charge in [-0.2, -0.15) is 0 Å². The van der Waals surface area contributed by atoms with Crippen LogP contribution in [0.1, 0.15) is 6.92 Å². The van der Waals surface area contributed by atoms with Crippen LogP contribution in [0.3, 0.4) is 0 Å². The Hall–Kier alpha value is -1.07. The van der Waals surface area contributed by atoms with Crippen LogP contribution in [0.4, 0.5) is 0 Å². The van der Waals surface area contributed by atoms with Gasteiger partial charge in [0.25, 0.3) is 5.91 Å². The van der Waals surface area contributed by atoms with Crippen molar-refractivity contribution in [1.29, 1.82) is 0 Å². The Kier molecular flexibility index (Phi) is 4.82. The average Bonchev–Trinajstić information content (AvgIpc) is 2.41. The van der Waals surface area contributed by atoms with Crippen LogP contribution in [0.2, 0.25) is 0 Å². The molecule has 0 N–H and O–H groups in total. The summed E-state index contributed by atoms with van der Waals surface area (Å²) in [6, 6.07) is 7.53. The Labute approximate surface area is 122 Å². The fraction of sp³-hybridized carbons (Fsp3) is 0.500. The zero-order chi connectivity index (χ0) is 13.8. The molecule has 0 bridgehead atoms. The maximum absolute atomic E-state index is 12.2. The molecular weight excluding hydrogens is 308 g/mol. The third kappa shape index (κ3) is 3.94. The number of rotatable bonds is 3. The summed E-state index contributed by atoms with van der Waals surface area (Å²) in [6.45, 7) is 5.23. The number of likely N-dealkylation sites (N-methyl/N-ethyl adjacent to an activating group) is 1. The van der Waals surface area contributed by atoms with E-state index in [0.29, 0.717) is 0 Å². The zero-order valence-corrected chi connectivity index (χ0v) is 12.9. The van der Waals surface area contributed by atoms with Gasteiger partial charge >= 0.3 is 0 Å². The Morgan fingerprint density at radius 3 is 2.37 bits per heavy atom. The van der Waals surface area contributed by atoms with Crippen LogP contribution in [-0.4, -0.2) is 55.0 Å². The molecule has 0 aliphatic carbocycles. The number of benzene rings is 1. The number of amides is 1. The van der Waals surface area contributed by atoms with Crippen molar-refractivity contribution in [1.82, 2.24) is 9.80 Å². The summed E-state index contributed by atoms with van der Waals surface area (Å²) < 4.78 is 6.68. The molecule has 0 saturated carbocycles. The van der Waals surface area contributed by atoms with E-state index in [-0.39, 0.29) is 5.91 Å². The Morgan fingerprint density at radius 1 is 1.21 bits per heavy atom. The molecule has 1 amide bonds. The third-order valence-electron chi connectivity index (χ3n) is 3.29. The van der Waals surface area contributed by atoms with Gasteiger partial charge in [-0.15, -0.1) is 0 Å². The van der Waals surface area contributed by atoms with Crippen molar-refractivity contribution < 1.29 is 9.53 Å². The predicted molar refractivity (Wildman–Crippen MR) is 78.3 cm³/mol. The van der Waals surface area contributed by atoms with Crippen LogP contribution in [0, 0.1) is 0 Å². The van der Waals surface area contributed by atoms with E-state index in [4.69, 9.17) is 4.74 Å². The number of halogens is 1. The van der Waals surface area contributed by atoms with Crippen molar-refractivity contribution in [2.75, 3.05) is 33.2 Å². The van der Waals surface area contributed by atoms with Gasteiger partial charge in [0.2, 0.25) is 0 Å². The van der Waals surface area contributed by atoms with Gasteiger partial charge in [0, 0.05) is 30.7 Å². The third-order valence-corrected chi connectivity index (χ3v) is 3.82. The average molecular weight is 327 g/mol. The minimum Gasteiger partial charge on any atom is -0.481 e. The molecule has 104 valence electrons. The molecule has 5 heteroatoms. The zero-order valence-electron chi connectivity index (χ0n) is 11.3. The number of ether oxygens (including phenoxy) is 1. The fourth-order valence-electron chi connectivity index (χ4n) is 2.05. The monoisotopic (exact) mass is 326 g/mol. The summed E-state index contributed by atoms with van der Waals surface area (Å²) in [7, 11) is 2.07. The van der Waals surface area contributed by atoms with Crippen molar-refractivity contribution in [3.05, 3.63) is 28.7 Å². The molecule has 0 spiro atoms. The number of nitrogens with zero attached hydrogens (tertiary/aromatic N) is 2. The first-order chi connectivity index (χ1) is 9.06. The van der Waals surface area contributed by atoms with Crippen molar-refractivity contribution in [2.24, 2.45) is 0 Å². The first kappa shape index (κ1) is 14.3. The molecule has 1 aromatic carbocycles. The lowest BCUT2D eigenvalue weighted by atomic mass is 10.2. The second-order valence-corrected chi connectivity index (χ2v) is 5.76. The highest BCUT2D eigenvalue weighted by atomic mass is 79.9. The predicted octanol–water partition coefficient (Wildman–Crippen LogP) is 1.99. The Morgan fingerprint density at radius 2 is 1.79 bits per heavy atom. The second kappa shape index (κ2) is 6.39. The SMILES string of the molecule is CC(Oc1ccc(Br)cc1)C(=O)N1CCN(C)CC1. The van der Waals surface area contributed by atoms with E-state index in [1.165, 1.54) is 0 Å². The lowest BCUT2D eigenvalue weighted by molar-refractivity contribution is -0.139. The first-order valence-corrected chi connectivity index (χ1v) is 7.25. The van der Waals surface area contributed by atoms with Crippen molar-refractivity contribution in [3.8, 4) is 5.75 Å². The molecule has 1 atom stereocenters. The summed E-state index contributed by atoms with van der Waals surface area (Å²) in [5, 5.41) is 0. The molecule has 1 aromatic rings. The van der Waals surface area contributed by atoms with Gasteiger partial charge in [-0.3, -0.25) is 4.79 Å². The lowest BCUT2D eigenvalue weighted by Gasteiger charge is -2.33. The van der Waals surface area contributed by atoms with Crippen molar-refractivity contribution >= 4 is 21.8 Å². The van der Waals surface area contributed by atoms with E-state index in [1.807, 2.05) is 36.1 Å². The van der Waals surface area contributed by atoms with Crippen LogP contribution in [-0.2, 0) is 4.79 Å². The van der Waals surface area contributed by atoms with Crippen LogP contribution in [0.25, 0.3) is 0 Å². The van der Waals surface area contributed by atoms with Gasteiger partial charge in [0.1, 0.15) is 5.75 Å². The molecule has 1 heterocycles. The van der Waals surface area contributed by atoms with Crippen molar-refractivity contribution in [2.45, 2.75) is 13.0 Å². The molecular formula is C14H19BrN2O2. The normalized spacial score (nSPS) is 18.2. The second-order valence-electron chi connectivity index (χ2n) is 4.84. The van der Waals surface area contributed by atoms with Gasteiger partial charge in [-0.05, 0) is 38.2 Å². The molecule has 4 nitrogen and oxygen atoms in total. The number of hydrogen-bond donors (Lipinski definition) is 0. The van der Waals surface area contributed by atoms with E-state index in [1.54, 1.807) is 0 Å². The van der Waals surface area contributed by atoms with Crippen LogP contribution < -0.4 is 4.74 Å². The highest BCUT2D eigenvalue weighted by Gasteiger charge is 2.24. The van der Waals surface area contributed by atoms with Crippen LogP contribution in [0.5, 0.6) is 5.75 Å². The highest BCUT2D eigenvalue weighted by molar-refractivity contribution is 9.10. The summed E-state index contributed by atoms with van der Waals surface area (Å²) >= 11 is 3.37. The summed E-state index contributed by atoms with van der Waals surface area (Å²) in [6.07, 6.45) is -0.440. The molecule has 19 heavy (non-hydrogen) atoms. The van der Waals surface area contributed by atoms with E-state index in [0.717, 1.165) is 36.4 Å². The molecule has 1 aliphatic heterocycles. The van der Waals surface area contributed by atoms with Crippen molar-refractivity contribution in [3.63, 3.8) is 0 Å². The molecule has 1 fully saturated rings. The standard InChI is InChI=1S/C14H19BrN2O2/c1-11(19-13-5-3-12(15)4-6-13)14(18)17-9-7-16(2)8-10-17/h3-6,11H,7-10H2,1-2H3. The topological polar surface area (TPSA) is 32.8 Å². The number of piperazine rings is 1. The van der Waals surface area contributed by atoms with Gasteiger partial charge < -0.3 is 14.5 Å². The van der Waals surface area contributed by atoms with E-state index in [2.05, 4.69) is 27.9 Å². The molecule has 1 aliphatic rings.